The van der Waals surface area contributed by atoms with E-state index in [2.05, 4.69) is 11.4 Å². The van der Waals surface area contributed by atoms with E-state index in [1.807, 2.05) is 18.2 Å². The van der Waals surface area contributed by atoms with Crippen molar-refractivity contribution in [2.24, 2.45) is 0 Å². The summed E-state index contributed by atoms with van der Waals surface area (Å²) in [6.45, 7) is 5.78. The van der Waals surface area contributed by atoms with Gasteiger partial charge in [-0.3, -0.25) is 13.9 Å². The minimum atomic E-state index is -3.48. The predicted octanol–water partition coefficient (Wildman–Crippen LogP) is 4.37. The van der Waals surface area contributed by atoms with E-state index in [0.717, 1.165) is 5.56 Å². The number of carbonyl (C=O) groups is 1. The Morgan fingerprint density at radius 2 is 1.69 bits per heavy atom. The summed E-state index contributed by atoms with van der Waals surface area (Å²) < 4.78 is 23.2. The Kier molecular flexibility index (Phi) is 5.71. The number of carbonyl (C=O) groups excluding carboxylic acids is 1. The summed E-state index contributed by atoms with van der Waals surface area (Å²) in [5, 5.41) is 12.0. The Morgan fingerprint density at radius 3 is 2.24 bits per heavy atom. The minimum absolute atomic E-state index is 0.222. The van der Waals surface area contributed by atoms with Crippen molar-refractivity contribution < 1.29 is 13.9 Å². The Labute approximate surface area is 173 Å². The molecule has 0 spiro atoms. The van der Waals surface area contributed by atoms with Gasteiger partial charge in [0.05, 0.1) is 17.2 Å². The van der Waals surface area contributed by atoms with Crippen LogP contribution in [0.4, 0.5) is 0 Å². The van der Waals surface area contributed by atoms with Gasteiger partial charge in [0.2, 0.25) is 0 Å². The maximum absolute atomic E-state index is 13.1. The van der Waals surface area contributed by atoms with Crippen molar-refractivity contribution in [3.05, 3.63) is 77.0 Å². The Hall–Kier alpha value is -2.79. The third kappa shape index (κ3) is 4.15. The largest absolute Gasteiger partial charge is 0.379 e. The molecule has 0 radical (unpaired) electrons. The van der Waals surface area contributed by atoms with E-state index >= 15 is 0 Å². The first kappa shape index (κ1) is 20.9. The zero-order chi connectivity index (χ0) is 21.2. The summed E-state index contributed by atoms with van der Waals surface area (Å²) in [7, 11) is -3.48. The predicted molar refractivity (Wildman–Crippen MR) is 116 cm³/mol. The van der Waals surface area contributed by atoms with Crippen LogP contribution in [-0.4, -0.2) is 31.4 Å². The van der Waals surface area contributed by atoms with Crippen LogP contribution in [0.5, 0.6) is 0 Å². The van der Waals surface area contributed by atoms with Crippen molar-refractivity contribution in [2.45, 2.75) is 32.7 Å². The molecule has 3 rings (SSSR count). The van der Waals surface area contributed by atoms with Gasteiger partial charge in [0.1, 0.15) is 10.6 Å². The van der Waals surface area contributed by atoms with E-state index < -0.39 is 22.2 Å². The summed E-state index contributed by atoms with van der Waals surface area (Å²) in [5.74, 6) is -0.420. The van der Waals surface area contributed by atoms with Crippen LogP contribution in [-0.2, 0) is 11.2 Å². The van der Waals surface area contributed by atoms with Gasteiger partial charge >= 0.3 is 0 Å². The number of benzene rings is 2. The molecule has 0 saturated heterocycles. The molecule has 0 bridgehead atoms. The number of nitriles is 1. The number of rotatable bonds is 5. The quantitative estimate of drug-likeness (QED) is 0.679. The van der Waals surface area contributed by atoms with Gasteiger partial charge in [-0.15, -0.1) is 0 Å². The molecule has 2 aromatic rings. The normalized spacial score (nSPS) is 17.2. The van der Waals surface area contributed by atoms with Gasteiger partial charge in [0, 0.05) is 12.1 Å². The molecule has 0 fully saturated rings. The summed E-state index contributed by atoms with van der Waals surface area (Å²) in [4.78, 5) is 13.4. The topological polar surface area (TPSA) is 96.6 Å². The lowest BCUT2D eigenvalue weighted by Gasteiger charge is -2.45. The van der Waals surface area contributed by atoms with Crippen molar-refractivity contribution >= 4 is 21.6 Å². The molecule has 2 aromatic carbocycles. The molecule has 152 valence electrons. The van der Waals surface area contributed by atoms with Gasteiger partial charge in [0.25, 0.3) is 5.91 Å². The number of hydrogen-bond donors (Lipinski definition) is 3. The van der Waals surface area contributed by atoms with Gasteiger partial charge in [-0.25, -0.2) is 4.31 Å². The molecular formula is C22H25N3O3S. The number of nitrogens with one attached hydrogen (secondary N) is 1. The second-order valence-electron chi connectivity index (χ2n) is 7.84. The molecule has 0 unspecified atom stereocenters. The minimum Gasteiger partial charge on any atom is -0.379 e. The first-order valence-electron chi connectivity index (χ1n) is 9.32. The van der Waals surface area contributed by atoms with Crippen molar-refractivity contribution in [3.63, 3.8) is 0 Å². The highest BCUT2D eigenvalue weighted by molar-refractivity contribution is 8.31. The average Bonchev–Trinajstić information content (AvgIpc) is 2.87. The van der Waals surface area contributed by atoms with Gasteiger partial charge in [0.15, 0.2) is 0 Å². The molecular weight excluding hydrogens is 386 g/mol. The van der Waals surface area contributed by atoms with Gasteiger partial charge < -0.3 is 5.32 Å². The van der Waals surface area contributed by atoms with E-state index in [4.69, 9.17) is 5.26 Å². The lowest BCUT2D eigenvalue weighted by Crippen LogP contribution is -2.45. The summed E-state index contributed by atoms with van der Waals surface area (Å²) in [6, 6.07) is 18.3. The van der Waals surface area contributed by atoms with Crippen LogP contribution < -0.4 is 5.32 Å². The van der Waals surface area contributed by atoms with E-state index in [1.165, 1.54) is 4.31 Å². The summed E-state index contributed by atoms with van der Waals surface area (Å²) >= 11 is 0. The molecule has 1 aliphatic rings. The molecule has 29 heavy (non-hydrogen) atoms. The molecule has 1 amide bonds. The van der Waals surface area contributed by atoms with Crippen LogP contribution in [0.3, 0.4) is 0 Å². The van der Waals surface area contributed by atoms with E-state index in [1.54, 1.807) is 57.2 Å². The van der Waals surface area contributed by atoms with Crippen LogP contribution >= 0.6 is 10.8 Å². The molecule has 3 N–H and O–H groups in total. The first-order valence-corrected chi connectivity index (χ1v) is 10.8. The first-order chi connectivity index (χ1) is 13.7. The average molecular weight is 412 g/mol. The molecule has 0 atom stereocenters. The number of amides is 1. The van der Waals surface area contributed by atoms with E-state index in [-0.39, 0.29) is 10.6 Å². The Bertz CT molecular complexity index is 971. The second kappa shape index (κ2) is 7.91. The van der Waals surface area contributed by atoms with Gasteiger partial charge in [-0.1, -0.05) is 53.2 Å². The Morgan fingerprint density at radius 1 is 1.07 bits per heavy atom. The third-order valence-corrected chi connectivity index (χ3v) is 6.81. The standard InChI is InChI=1S/C22H25N3O3S/c1-22(2,3)25-21(26)19(20(29(25,27)28)18-7-5-4-6-8-18)24-14-13-16-9-11-17(15-23)12-10-16/h4-12,24,27-28H,13-14H2,1-3H3. The molecule has 1 heterocycles. The van der Waals surface area contributed by atoms with Crippen molar-refractivity contribution in [1.82, 2.24) is 9.62 Å². The maximum atomic E-state index is 13.1. The van der Waals surface area contributed by atoms with Gasteiger partial charge in [-0.2, -0.15) is 5.26 Å². The highest BCUT2D eigenvalue weighted by Crippen LogP contribution is 2.63. The van der Waals surface area contributed by atoms with Crippen LogP contribution in [0, 0.1) is 11.3 Å². The second-order valence-corrected chi connectivity index (χ2v) is 9.66. The lowest BCUT2D eigenvalue weighted by molar-refractivity contribution is -0.125. The molecule has 7 heteroatoms. The molecule has 0 saturated carbocycles. The van der Waals surface area contributed by atoms with Crippen LogP contribution in [0.25, 0.3) is 4.91 Å². The maximum Gasteiger partial charge on any atom is 0.290 e. The summed E-state index contributed by atoms with van der Waals surface area (Å²) in [5.41, 5.74) is 1.68. The molecule has 0 aliphatic carbocycles. The zero-order valence-corrected chi connectivity index (χ0v) is 17.5. The lowest BCUT2D eigenvalue weighted by atomic mass is 10.1. The highest BCUT2D eigenvalue weighted by Gasteiger charge is 2.49. The van der Waals surface area contributed by atoms with Crippen molar-refractivity contribution in [1.29, 1.82) is 5.26 Å². The zero-order valence-electron chi connectivity index (χ0n) is 16.7. The van der Waals surface area contributed by atoms with Gasteiger partial charge in [-0.05, 0) is 44.9 Å². The van der Waals surface area contributed by atoms with E-state index in [0.29, 0.717) is 24.1 Å². The smallest absolute Gasteiger partial charge is 0.290 e. The van der Waals surface area contributed by atoms with Crippen molar-refractivity contribution in [3.8, 4) is 6.07 Å². The highest BCUT2D eigenvalue weighted by atomic mass is 32.3. The van der Waals surface area contributed by atoms with E-state index in [9.17, 15) is 13.9 Å². The monoisotopic (exact) mass is 411 g/mol. The van der Waals surface area contributed by atoms with Crippen LogP contribution in [0.15, 0.2) is 60.3 Å². The fourth-order valence-corrected chi connectivity index (χ4v) is 5.51. The molecule has 1 aliphatic heterocycles. The molecule has 0 aromatic heterocycles. The molecule has 6 nitrogen and oxygen atoms in total. The third-order valence-electron chi connectivity index (χ3n) is 4.60. The summed E-state index contributed by atoms with van der Waals surface area (Å²) in [6.07, 6.45) is 0.624. The van der Waals surface area contributed by atoms with Crippen LogP contribution in [0.1, 0.15) is 37.5 Å². The van der Waals surface area contributed by atoms with Crippen molar-refractivity contribution in [2.75, 3.05) is 6.54 Å². The van der Waals surface area contributed by atoms with Crippen LogP contribution in [0.2, 0.25) is 0 Å². The number of hydrogen-bond acceptors (Lipinski definition) is 5. The number of nitrogens with zero attached hydrogens (tertiary/aromatic N) is 2. The fourth-order valence-electron chi connectivity index (χ4n) is 3.35. The Balaban J connectivity index is 1.90. The SMILES string of the molecule is CC(C)(C)N1C(=O)C(NCCc2ccc(C#N)cc2)=C(c2ccccc2)S1(O)O. The fraction of sp³-hybridized carbons (Fsp3) is 0.273.